The van der Waals surface area contributed by atoms with Crippen molar-refractivity contribution in [1.29, 1.82) is 0 Å². The summed E-state index contributed by atoms with van der Waals surface area (Å²) in [5, 5.41) is 0. The first-order valence-corrected chi connectivity index (χ1v) is 16.0. The number of hydrogen-bond acceptors (Lipinski definition) is 3. The molecule has 0 unspecified atom stereocenters. The molecule has 5 heteroatoms. The zero-order valence-corrected chi connectivity index (χ0v) is 23.5. The van der Waals surface area contributed by atoms with Gasteiger partial charge in [-0.15, -0.1) is 0 Å². The Kier molecular flexibility index (Phi) is 9.43. The van der Waals surface area contributed by atoms with Crippen molar-refractivity contribution in [2.24, 2.45) is 0 Å². The Morgan fingerprint density at radius 2 is 1.00 bits per heavy atom. The van der Waals surface area contributed by atoms with Gasteiger partial charge in [-0.25, -0.2) is 0 Å². The van der Waals surface area contributed by atoms with Gasteiger partial charge >= 0.3 is 0 Å². The minimum atomic E-state index is -2.17. The van der Waals surface area contributed by atoms with Crippen LogP contribution in [0.5, 0.6) is 11.5 Å². The summed E-state index contributed by atoms with van der Waals surface area (Å²) in [6.45, 7) is 27.3. The first kappa shape index (κ1) is 27.0. The SMILES string of the molecule is CC(C)[Si](Oc1ccc(C=O)c(O[Si](C(C)C)(C(C)C)C(C)C)c1)(C(C)C)C(C)C. The molecule has 0 saturated carbocycles. The Hall–Kier alpha value is -1.08. The van der Waals surface area contributed by atoms with Crippen LogP contribution in [0, 0.1) is 0 Å². The second-order valence-electron chi connectivity index (χ2n) is 10.7. The number of carbonyl (C=O) groups is 1. The van der Waals surface area contributed by atoms with Gasteiger partial charge in [0.05, 0.1) is 5.56 Å². The molecule has 0 N–H and O–H groups in total. The summed E-state index contributed by atoms with van der Waals surface area (Å²) in [5.74, 6) is 1.54. The summed E-state index contributed by atoms with van der Waals surface area (Å²) in [5.41, 5.74) is 3.41. The summed E-state index contributed by atoms with van der Waals surface area (Å²) in [4.78, 5) is 11.8. The van der Waals surface area contributed by atoms with Crippen LogP contribution < -0.4 is 8.85 Å². The Balaban J connectivity index is 3.54. The normalized spacial score (nSPS) is 13.3. The van der Waals surface area contributed by atoms with Gasteiger partial charge in [-0.05, 0) is 45.4 Å². The smallest absolute Gasteiger partial charge is 0.258 e. The molecule has 0 atom stereocenters. The van der Waals surface area contributed by atoms with Gasteiger partial charge in [-0.3, -0.25) is 4.79 Å². The van der Waals surface area contributed by atoms with E-state index in [0.29, 0.717) is 44.6 Å². The van der Waals surface area contributed by atoms with E-state index in [0.717, 1.165) is 12.0 Å². The van der Waals surface area contributed by atoms with Crippen LogP contribution in [-0.2, 0) is 0 Å². The van der Waals surface area contributed by atoms with Gasteiger partial charge in [0, 0.05) is 6.07 Å². The standard InChI is InChI=1S/C25H46O3Si2/c1-17(2)29(18(3)4,19(5)6)27-24-14-13-23(16-26)25(15-24)28-30(20(7)8,21(9)10)22(11)12/h13-22H,1-12H3. The lowest BCUT2D eigenvalue weighted by atomic mass is 10.2. The molecule has 0 aliphatic rings. The number of hydrogen-bond donors (Lipinski definition) is 0. The molecule has 172 valence electrons. The molecule has 30 heavy (non-hydrogen) atoms. The lowest BCUT2D eigenvalue weighted by Crippen LogP contribution is -2.51. The molecule has 0 aliphatic carbocycles. The quantitative estimate of drug-likeness (QED) is 0.250. The maximum absolute atomic E-state index is 11.8. The highest BCUT2D eigenvalue weighted by molar-refractivity contribution is 6.78. The summed E-state index contributed by atoms with van der Waals surface area (Å²) in [6, 6.07) is 5.82. The minimum absolute atomic E-state index is 0.442. The third-order valence-corrected chi connectivity index (χ3v) is 19.1. The molecule has 1 aromatic carbocycles. The second-order valence-corrected chi connectivity index (χ2v) is 21.4. The van der Waals surface area contributed by atoms with E-state index in [2.05, 4.69) is 83.1 Å². The van der Waals surface area contributed by atoms with E-state index in [1.165, 1.54) is 0 Å². The van der Waals surface area contributed by atoms with Crippen molar-refractivity contribution >= 4 is 22.9 Å². The lowest BCUT2D eigenvalue weighted by Gasteiger charge is -2.43. The molecule has 1 aromatic rings. The fraction of sp³-hybridized carbons (Fsp3) is 0.720. The highest BCUT2D eigenvalue weighted by Gasteiger charge is 2.48. The van der Waals surface area contributed by atoms with Crippen molar-refractivity contribution in [2.45, 2.75) is 116 Å². The summed E-state index contributed by atoms with van der Waals surface area (Å²) in [6.07, 6.45) is 0.914. The highest BCUT2D eigenvalue weighted by Crippen LogP contribution is 2.46. The van der Waals surface area contributed by atoms with Gasteiger partial charge in [0.2, 0.25) is 0 Å². The molecular formula is C25H46O3Si2. The van der Waals surface area contributed by atoms with E-state index in [9.17, 15) is 4.79 Å². The first-order valence-electron chi connectivity index (χ1n) is 11.7. The molecule has 1 rings (SSSR count). The molecule has 3 nitrogen and oxygen atoms in total. The molecule has 0 bridgehead atoms. The maximum atomic E-state index is 11.8. The van der Waals surface area contributed by atoms with Crippen molar-refractivity contribution in [3.8, 4) is 11.5 Å². The lowest BCUT2D eigenvalue weighted by molar-refractivity contribution is 0.112. The van der Waals surface area contributed by atoms with Gasteiger partial charge in [0.1, 0.15) is 11.5 Å². The van der Waals surface area contributed by atoms with Crippen LogP contribution in [0.4, 0.5) is 0 Å². The van der Waals surface area contributed by atoms with Crippen LogP contribution in [0.25, 0.3) is 0 Å². The van der Waals surface area contributed by atoms with E-state index in [-0.39, 0.29) is 0 Å². The van der Waals surface area contributed by atoms with E-state index >= 15 is 0 Å². The number of rotatable bonds is 11. The third-order valence-electron chi connectivity index (χ3n) is 7.11. The predicted molar refractivity (Wildman–Crippen MR) is 135 cm³/mol. The third kappa shape index (κ3) is 5.04. The zero-order valence-electron chi connectivity index (χ0n) is 21.5. The largest absolute Gasteiger partial charge is 0.543 e. The predicted octanol–water partition coefficient (Wildman–Crippen LogP) is 8.61. The molecule has 0 amide bonds. The van der Waals surface area contributed by atoms with E-state index in [1.54, 1.807) is 0 Å². The summed E-state index contributed by atoms with van der Waals surface area (Å²) < 4.78 is 13.8. The number of carbonyl (C=O) groups excluding carboxylic acids is 1. The van der Waals surface area contributed by atoms with Gasteiger partial charge in [-0.1, -0.05) is 83.1 Å². The van der Waals surface area contributed by atoms with E-state index < -0.39 is 16.6 Å². The number of aldehydes is 1. The molecule has 0 aliphatic heterocycles. The van der Waals surface area contributed by atoms with Crippen molar-refractivity contribution in [2.75, 3.05) is 0 Å². The molecule has 0 aromatic heterocycles. The van der Waals surface area contributed by atoms with Crippen LogP contribution in [0.15, 0.2) is 18.2 Å². The molecule has 0 heterocycles. The van der Waals surface area contributed by atoms with Crippen molar-refractivity contribution in [3.05, 3.63) is 23.8 Å². The first-order chi connectivity index (χ1) is 13.8. The van der Waals surface area contributed by atoms with Crippen molar-refractivity contribution in [3.63, 3.8) is 0 Å². The van der Waals surface area contributed by atoms with Crippen molar-refractivity contribution in [1.82, 2.24) is 0 Å². The Labute approximate surface area is 188 Å². The molecular weight excluding hydrogens is 404 g/mol. The van der Waals surface area contributed by atoms with Gasteiger partial charge in [0.15, 0.2) is 6.29 Å². The van der Waals surface area contributed by atoms with E-state index in [4.69, 9.17) is 8.85 Å². The molecule has 0 fully saturated rings. The summed E-state index contributed by atoms with van der Waals surface area (Å²) in [7, 11) is -4.24. The Bertz CT molecular complexity index is 650. The van der Waals surface area contributed by atoms with Crippen LogP contribution in [0.3, 0.4) is 0 Å². The fourth-order valence-corrected chi connectivity index (χ4v) is 16.4. The van der Waals surface area contributed by atoms with Crippen LogP contribution >= 0.6 is 0 Å². The van der Waals surface area contributed by atoms with Crippen LogP contribution in [0.2, 0.25) is 33.2 Å². The average Bonchev–Trinajstić information content (AvgIpc) is 2.62. The van der Waals surface area contributed by atoms with Crippen LogP contribution in [-0.4, -0.2) is 22.9 Å². The zero-order chi connectivity index (χ0) is 23.4. The monoisotopic (exact) mass is 450 g/mol. The van der Waals surface area contributed by atoms with Crippen molar-refractivity contribution < 1.29 is 13.6 Å². The highest BCUT2D eigenvalue weighted by atomic mass is 28.4. The Morgan fingerprint density at radius 1 is 0.633 bits per heavy atom. The second kappa shape index (κ2) is 10.5. The molecule has 0 radical (unpaired) electrons. The summed E-state index contributed by atoms with van der Waals surface area (Å²) >= 11 is 0. The molecule has 0 saturated heterocycles. The topological polar surface area (TPSA) is 35.5 Å². The van der Waals surface area contributed by atoms with Gasteiger partial charge in [0.25, 0.3) is 16.6 Å². The van der Waals surface area contributed by atoms with Crippen LogP contribution in [0.1, 0.15) is 93.4 Å². The fourth-order valence-electron chi connectivity index (χ4n) is 5.87. The minimum Gasteiger partial charge on any atom is -0.543 e. The van der Waals surface area contributed by atoms with E-state index in [1.807, 2.05) is 18.2 Å². The average molecular weight is 451 g/mol. The van der Waals surface area contributed by atoms with Gasteiger partial charge < -0.3 is 8.85 Å². The Morgan fingerprint density at radius 3 is 1.33 bits per heavy atom. The van der Waals surface area contributed by atoms with Gasteiger partial charge in [-0.2, -0.15) is 0 Å². The molecule has 0 spiro atoms. The maximum Gasteiger partial charge on any atom is 0.258 e. The number of benzene rings is 1.